The minimum Gasteiger partial charge on any atom is -0.409 e. The van der Waals surface area contributed by atoms with Gasteiger partial charge in [0.25, 0.3) is 0 Å². The lowest BCUT2D eigenvalue weighted by atomic mass is 9.72. The topological polar surface area (TPSA) is 90.9 Å². The largest absolute Gasteiger partial charge is 0.412 e. The number of hydrogen-bond acceptors (Lipinski definition) is 5. The monoisotopic (exact) mass is 456 g/mol. The van der Waals surface area contributed by atoms with Gasteiger partial charge < -0.3 is 20.5 Å². The molecular formula is C27H28N4O3. The number of nitrogens with two attached hydrogens (primary N) is 1. The summed E-state index contributed by atoms with van der Waals surface area (Å²) in [4.78, 5) is 17.0. The molecule has 3 N–H and O–H groups in total. The minimum atomic E-state index is -0.528. The molecule has 0 aliphatic heterocycles. The van der Waals surface area contributed by atoms with Crippen molar-refractivity contribution in [2.75, 3.05) is 20.3 Å². The molecule has 2 aromatic carbocycles. The van der Waals surface area contributed by atoms with Gasteiger partial charge in [0.2, 0.25) is 0 Å². The Morgan fingerprint density at radius 1 is 1.06 bits per heavy atom. The maximum absolute atomic E-state index is 12.1. The number of rotatable bonds is 7. The number of amides is 1. The van der Waals surface area contributed by atoms with Crippen LogP contribution in [-0.2, 0) is 10.3 Å². The molecule has 0 saturated heterocycles. The van der Waals surface area contributed by atoms with Gasteiger partial charge in [-0.2, -0.15) is 0 Å². The SMILES string of the molecule is COCCNC(=O)Oc1ccc2nc(-c3ccc(C4(N)CCC4)cc3)c(-c3ccccc3)n2c1. The van der Waals surface area contributed by atoms with Crippen molar-refractivity contribution < 1.29 is 14.3 Å². The third-order valence-electron chi connectivity index (χ3n) is 6.40. The third-order valence-corrected chi connectivity index (χ3v) is 6.40. The first kappa shape index (κ1) is 22.1. The molecule has 1 fully saturated rings. The van der Waals surface area contributed by atoms with E-state index >= 15 is 0 Å². The lowest BCUT2D eigenvalue weighted by Crippen LogP contribution is -2.43. The number of pyridine rings is 1. The predicted molar refractivity (Wildman–Crippen MR) is 132 cm³/mol. The smallest absolute Gasteiger partial charge is 0.409 e. The number of carbonyl (C=O) groups excluding carboxylic acids is 1. The average Bonchev–Trinajstić information content (AvgIpc) is 3.22. The van der Waals surface area contributed by atoms with E-state index < -0.39 is 6.09 Å². The van der Waals surface area contributed by atoms with Crippen molar-refractivity contribution in [3.8, 4) is 28.3 Å². The van der Waals surface area contributed by atoms with Gasteiger partial charge in [-0.05, 0) is 37.0 Å². The van der Waals surface area contributed by atoms with E-state index in [2.05, 4.69) is 41.7 Å². The first-order chi connectivity index (χ1) is 16.6. The number of methoxy groups -OCH3 is 1. The predicted octanol–water partition coefficient (Wildman–Crippen LogP) is 4.74. The molecule has 7 heteroatoms. The van der Waals surface area contributed by atoms with Crippen molar-refractivity contribution >= 4 is 11.7 Å². The van der Waals surface area contributed by atoms with Crippen LogP contribution in [0.3, 0.4) is 0 Å². The molecule has 1 aliphatic rings. The third kappa shape index (κ3) is 4.27. The summed E-state index contributed by atoms with van der Waals surface area (Å²) in [5.74, 6) is 0.425. The molecule has 7 nitrogen and oxygen atoms in total. The Kier molecular flexibility index (Phi) is 6.04. The summed E-state index contributed by atoms with van der Waals surface area (Å²) in [7, 11) is 1.58. The molecule has 2 aromatic heterocycles. The number of imidazole rings is 1. The molecule has 5 rings (SSSR count). The van der Waals surface area contributed by atoms with Gasteiger partial charge in [0.05, 0.1) is 24.2 Å². The van der Waals surface area contributed by atoms with Crippen molar-refractivity contribution in [2.45, 2.75) is 24.8 Å². The molecule has 0 spiro atoms. The second kappa shape index (κ2) is 9.29. The van der Waals surface area contributed by atoms with Crippen LogP contribution in [0.2, 0.25) is 0 Å². The van der Waals surface area contributed by atoms with Crippen molar-refractivity contribution in [2.24, 2.45) is 5.73 Å². The van der Waals surface area contributed by atoms with Gasteiger partial charge >= 0.3 is 6.09 Å². The second-order valence-electron chi connectivity index (χ2n) is 8.66. The number of fused-ring (bicyclic) bond motifs is 1. The Morgan fingerprint density at radius 2 is 1.82 bits per heavy atom. The Labute approximate surface area is 198 Å². The van der Waals surface area contributed by atoms with E-state index in [0.29, 0.717) is 18.9 Å². The Hall–Kier alpha value is -3.68. The molecule has 0 unspecified atom stereocenters. The molecule has 0 radical (unpaired) electrons. The van der Waals surface area contributed by atoms with Gasteiger partial charge in [-0.3, -0.25) is 4.40 Å². The fraction of sp³-hybridized carbons (Fsp3) is 0.259. The highest BCUT2D eigenvalue weighted by atomic mass is 16.6. The van der Waals surface area contributed by atoms with Crippen LogP contribution in [-0.4, -0.2) is 35.7 Å². The molecule has 2 heterocycles. The second-order valence-corrected chi connectivity index (χ2v) is 8.66. The van der Waals surface area contributed by atoms with Crippen LogP contribution in [0.1, 0.15) is 24.8 Å². The number of nitrogens with zero attached hydrogens (tertiary/aromatic N) is 2. The van der Waals surface area contributed by atoms with Gasteiger partial charge in [-0.15, -0.1) is 0 Å². The normalized spacial score (nSPS) is 14.5. The van der Waals surface area contributed by atoms with Crippen LogP contribution >= 0.6 is 0 Å². The molecule has 174 valence electrons. The standard InChI is InChI=1S/C27H28N4O3/c1-33-17-16-29-26(32)34-22-12-13-23-30-24(25(31(23)18-22)20-6-3-2-4-7-20)19-8-10-21(11-9-19)27(28)14-5-15-27/h2-4,6-13,18H,5,14-17,28H2,1H3,(H,29,32). The van der Waals surface area contributed by atoms with Crippen molar-refractivity contribution in [3.63, 3.8) is 0 Å². The van der Waals surface area contributed by atoms with E-state index in [4.69, 9.17) is 20.2 Å². The number of carbonyl (C=O) groups is 1. The maximum atomic E-state index is 12.1. The number of hydrogen-bond donors (Lipinski definition) is 2. The summed E-state index contributed by atoms with van der Waals surface area (Å²) in [5.41, 5.74) is 12.1. The minimum absolute atomic E-state index is 0.199. The van der Waals surface area contributed by atoms with E-state index in [1.165, 1.54) is 12.0 Å². The van der Waals surface area contributed by atoms with Gasteiger partial charge in [0, 0.05) is 30.3 Å². The molecule has 1 amide bonds. The van der Waals surface area contributed by atoms with Crippen molar-refractivity contribution in [3.05, 3.63) is 78.5 Å². The van der Waals surface area contributed by atoms with Crippen molar-refractivity contribution in [1.82, 2.24) is 14.7 Å². The van der Waals surface area contributed by atoms with Gasteiger partial charge in [-0.25, -0.2) is 9.78 Å². The van der Waals surface area contributed by atoms with E-state index in [-0.39, 0.29) is 5.54 Å². The highest BCUT2D eigenvalue weighted by Crippen LogP contribution is 2.40. The zero-order valence-electron chi connectivity index (χ0n) is 19.2. The summed E-state index contributed by atoms with van der Waals surface area (Å²) in [6.07, 6.45) is 4.50. The molecule has 0 atom stereocenters. The quantitative estimate of drug-likeness (QED) is 0.392. The Morgan fingerprint density at radius 3 is 2.50 bits per heavy atom. The van der Waals surface area contributed by atoms with E-state index in [0.717, 1.165) is 41.0 Å². The average molecular weight is 457 g/mol. The molecule has 1 aliphatic carbocycles. The summed E-state index contributed by atoms with van der Waals surface area (Å²) in [5, 5.41) is 2.66. The molecule has 4 aromatic rings. The number of aromatic nitrogens is 2. The van der Waals surface area contributed by atoms with E-state index in [1.54, 1.807) is 19.4 Å². The van der Waals surface area contributed by atoms with E-state index in [1.807, 2.05) is 28.7 Å². The molecule has 34 heavy (non-hydrogen) atoms. The van der Waals surface area contributed by atoms with Crippen LogP contribution in [0.25, 0.3) is 28.2 Å². The lowest BCUT2D eigenvalue weighted by molar-refractivity contribution is 0.180. The molecule has 0 bridgehead atoms. The fourth-order valence-electron chi connectivity index (χ4n) is 4.36. The maximum Gasteiger partial charge on any atom is 0.412 e. The lowest BCUT2D eigenvalue weighted by Gasteiger charge is -2.38. The van der Waals surface area contributed by atoms with Crippen molar-refractivity contribution in [1.29, 1.82) is 0 Å². The zero-order chi connectivity index (χ0) is 23.5. The number of ether oxygens (including phenoxy) is 2. The summed E-state index contributed by atoms with van der Waals surface area (Å²) >= 11 is 0. The van der Waals surface area contributed by atoms with Crippen LogP contribution in [0.5, 0.6) is 5.75 Å². The highest BCUT2D eigenvalue weighted by molar-refractivity contribution is 5.82. The summed E-state index contributed by atoms with van der Waals surface area (Å²) < 4.78 is 12.4. The zero-order valence-corrected chi connectivity index (χ0v) is 19.2. The number of nitrogens with one attached hydrogen (secondary N) is 1. The van der Waals surface area contributed by atoms with Gasteiger partial charge in [0.1, 0.15) is 11.4 Å². The first-order valence-corrected chi connectivity index (χ1v) is 11.5. The first-order valence-electron chi connectivity index (χ1n) is 11.5. The van der Waals surface area contributed by atoms with E-state index in [9.17, 15) is 4.79 Å². The van der Waals surface area contributed by atoms with Crippen LogP contribution in [0, 0.1) is 0 Å². The highest BCUT2D eigenvalue weighted by Gasteiger charge is 2.34. The van der Waals surface area contributed by atoms with Gasteiger partial charge in [0.15, 0.2) is 0 Å². The molecule has 1 saturated carbocycles. The van der Waals surface area contributed by atoms with Crippen LogP contribution in [0.15, 0.2) is 72.9 Å². The Bertz CT molecular complexity index is 1290. The van der Waals surface area contributed by atoms with Gasteiger partial charge in [-0.1, -0.05) is 54.6 Å². The van der Waals surface area contributed by atoms with Crippen LogP contribution in [0.4, 0.5) is 4.79 Å². The summed E-state index contributed by atoms with van der Waals surface area (Å²) in [6, 6.07) is 22.1. The fourth-order valence-corrected chi connectivity index (χ4v) is 4.36. The summed E-state index contributed by atoms with van der Waals surface area (Å²) in [6.45, 7) is 0.795. The molecular weight excluding hydrogens is 428 g/mol. The van der Waals surface area contributed by atoms with Crippen LogP contribution < -0.4 is 15.8 Å². The number of benzene rings is 2. The Balaban J connectivity index is 1.53.